The summed E-state index contributed by atoms with van der Waals surface area (Å²) >= 11 is 1.48. The van der Waals surface area contributed by atoms with Gasteiger partial charge in [0.05, 0.1) is 21.3 Å². The molecule has 0 unspecified atom stereocenters. The van der Waals surface area contributed by atoms with Gasteiger partial charge in [0.2, 0.25) is 10.9 Å². The first-order valence-electron chi connectivity index (χ1n) is 9.96. The summed E-state index contributed by atoms with van der Waals surface area (Å²) in [6, 6.07) is 3.85. The number of nitrogens with one attached hydrogen (secondary N) is 1. The SMILES string of the molecule is CCc1nsc(N2CCN(C(=NC)NCc3ccc(OC)c(OC)c3OC)CC2)n1.I. The van der Waals surface area contributed by atoms with Crippen molar-refractivity contribution in [2.45, 2.75) is 19.9 Å². The largest absolute Gasteiger partial charge is 0.493 e. The molecule has 1 saturated heterocycles. The van der Waals surface area contributed by atoms with Gasteiger partial charge in [-0.3, -0.25) is 4.99 Å². The van der Waals surface area contributed by atoms with Crippen LogP contribution in [0, 0.1) is 0 Å². The smallest absolute Gasteiger partial charge is 0.205 e. The molecule has 0 amide bonds. The first kappa shape index (κ1) is 25.2. The number of aliphatic imine (C=N–C) groups is 1. The molecule has 1 N–H and O–H groups in total. The minimum Gasteiger partial charge on any atom is -0.493 e. The standard InChI is InChI=1S/C20H30N6O3S.HI/c1-6-16-23-20(30-24-16)26-11-9-25(10-12-26)19(21-2)22-13-14-7-8-15(27-3)18(29-5)17(14)28-4;/h7-8H,6,9-13H2,1-5H3,(H,21,22);1H. The fourth-order valence-electron chi connectivity index (χ4n) is 3.44. The van der Waals surface area contributed by atoms with Crippen molar-refractivity contribution in [2.24, 2.45) is 4.99 Å². The average Bonchev–Trinajstić information content (AvgIpc) is 3.28. The second-order valence-electron chi connectivity index (χ2n) is 6.72. The van der Waals surface area contributed by atoms with E-state index in [-0.39, 0.29) is 24.0 Å². The van der Waals surface area contributed by atoms with Gasteiger partial charge in [-0.15, -0.1) is 24.0 Å². The zero-order chi connectivity index (χ0) is 21.5. The molecule has 1 aromatic heterocycles. The van der Waals surface area contributed by atoms with Crippen molar-refractivity contribution < 1.29 is 14.2 Å². The number of halogens is 1. The Morgan fingerprint density at radius 2 is 1.81 bits per heavy atom. The maximum atomic E-state index is 5.58. The molecule has 0 bridgehead atoms. The normalized spacial score (nSPS) is 14.2. The molecule has 0 spiro atoms. The quantitative estimate of drug-likeness (QED) is 0.314. The summed E-state index contributed by atoms with van der Waals surface area (Å²) in [7, 11) is 6.66. The lowest BCUT2D eigenvalue weighted by molar-refractivity contribution is 0.321. The van der Waals surface area contributed by atoms with Crippen molar-refractivity contribution in [1.82, 2.24) is 19.6 Å². The number of benzene rings is 1. The van der Waals surface area contributed by atoms with E-state index in [1.165, 1.54) is 11.5 Å². The molecule has 1 aromatic carbocycles. The number of methoxy groups -OCH3 is 3. The van der Waals surface area contributed by atoms with E-state index in [1.807, 2.05) is 12.1 Å². The van der Waals surface area contributed by atoms with Crippen molar-refractivity contribution in [1.29, 1.82) is 0 Å². The third-order valence-corrected chi connectivity index (χ3v) is 5.87. The zero-order valence-electron chi connectivity index (χ0n) is 18.7. The van der Waals surface area contributed by atoms with Gasteiger partial charge in [0.15, 0.2) is 17.5 Å². The highest BCUT2D eigenvalue weighted by Crippen LogP contribution is 2.39. The second kappa shape index (κ2) is 12.1. The fraction of sp³-hybridized carbons (Fsp3) is 0.550. The number of rotatable bonds is 7. The molecule has 0 radical (unpaired) electrons. The van der Waals surface area contributed by atoms with Gasteiger partial charge in [-0.25, -0.2) is 4.98 Å². The van der Waals surface area contributed by atoms with Crippen molar-refractivity contribution in [3.8, 4) is 17.2 Å². The van der Waals surface area contributed by atoms with E-state index in [0.717, 1.165) is 55.1 Å². The molecule has 0 aliphatic carbocycles. The number of aromatic nitrogens is 2. The topological polar surface area (TPSA) is 84.3 Å². The van der Waals surface area contributed by atoms with Crippen LogP contribution in [0.15, 0.2) is 17.1 Å². The van der Waals surface area contributed by atoms with Crippen LogP contribution in [0.1, 0.15) is 18.3 Å². The predicted octanol–water partition coefficient (Wildman–Crippen LogP) is 2.64. The minimum absolute atomic E-state index is 0. The van der Waals surface area contributed by atoms with Crippen LogP contribution in [0.2, 0.25) is 0 Å². The third-order valence-electron chi connectivity index (χ3n) is 5.06. The maximum Gasteiger partial charge on any atom is 0.205 e. The van der Waals surface area contributed by atoms with Gasteiger partial charge < -0.3 is 29.3 Å². The minimum atomic E-state index is 0. The molecular weight excluding hydrogens is 531 g/mol. The number of hydrogen-bond acceptors (Lipinski definition) is 8. The molecule has 3 rings (SSSR count). The van der Waals surface area contributed by atoms with Crippen LogP contribution < -0.4 is 24.4 Å². The lowest BCUT2D eigenvalue weighted by Gasteiger charge is -2.36. The molecule has 9 nitrogen and oxygen atoms in total. The first-order chi connectivity index (χ1) is 14.6. The monoisotopic (exact) mass is 562 g/mol. The lowest BCUT2D eigenvalue weighted by Crippen LogP contribution is -2.52. The van der Waals surface area contributed by atoms with Crippen molar-refractivity contribution >= 4 is 46.6 Å². The molecule has 0 saturated carbocycles. The van der Waals surface area contributed by atoms with Crippen LogP contribution in [0.5, 0.6) is 17.2 Å². The number of nitrogens with zero attached hydrogens (tertiary/aromatic N) is 5. The van der Waals surface area contributed by atoms with E-state index >= 15 is 0 Å². The maximum absolute atomic E-state index is 5.58. The molecule has 172 valence electrons. The lowest BCUT2D eigenvalue weighted by atomic mass is 10.1. The summed E-state index contributed by atoms with van der Waals surface area (Å²) in [5.74, 6) is 3.66. The first-order valence-corrected chi connectivity index (χ1v) is 10.7. The van der Waals surface area contributed by atoms with Gasteiger partial charge in [0, 0.05) is 63.3 Å². The van der Waals surface area contributed by atoms with Crippen LogP contribution in [-0.4, -0.2) is 74.8 Å². The number of guanidine groups is 1. The van der Waals surface area contributed by atoms with E-state index in [0.29, 0.717) is 23.8 Å². The van der Waals surface area contributed by atoms with Gasteiger partial charge in [0.1, 0.15) is 5.82 Å². The van der Waals surface area contributed by atoms with Gasteiger partial charge in [-0.05, 0) is 12.1 Å². The highest BCUT2D eigenvalue weighted by atomic mass is 127. The van der Waals surface area contributed by atoms with Gasteiger partial charge >= 0.3 is 0 Å². The Kier molecular flexibility index (Phi) is 9.88. The molecule has 1 aliphatic heterocycles. The molecule has 2 aromatic rings. The summed E-state index contributed by atoms with van der Waals surface area (Å²) in [4.78, 5) is 13.6. The van der Waals surface area contributed by atoms with Gasteiger partial charge in [-0.2, -0.15) is 4.37 Å². The van der Waals surface area contributed by atoms with Crippen LogP contribution in [0.4, 0.5) is 5.13 Å². The van der Waals surface area contributed by atoms with E-state index in [4.69, 9.17) is 14.2 Å². The molecule has 31 heavy (non-hydrogen) atoms. The summed E-state index contributed by atoms with van der Waals surface area (Å²) in [5.41, 5.74) is 0.968. The molecule has 2 heterocycles. The Labute approximate surface area is 205 Å². The highest BCUT2D eigenvalue weighted by molar-refractivity contribution is 14.0. The van der Waals surface area contributed by atoms with Gasteiger partial charge in [-0.1, -0.05) is 6.92 Å². The predicted molar refractivity (Wildman–Crippen MR) is 135 cm³/mol. The number of ether oxygens (including phenoxy) is 3. The fourth-order valence-corrected chi connectivity index (χ4v) is 4.24. The van der Waals surface area contributed by atoms with E-state index < -0.39 is 0 Å². The van der Waals surface area contributed by atoms with Crippen LogP contribution in [0.3, 0.4) is 0 Å². The average molecular weight is 562 g/mol. The van der Waals surface area contributed by atoms with Crippen molar-refractivity contribution in [3.05, 3.63) is 23.5 Å². The zero-order valence-corrected chi connectivity index (χ0v) is 21.8. The number of hydrogen-bond donors (Lipinski definition) is 1. The molecule has 1 aliphatic rings. The second-order valence-corrected chi connectivity index (χ2v) is 7.45. The third kappa shape index (κ3) is 5.82. The Bertz CT molecular complexity index is 871. The highest BCUT2D eigenvalue weighted by Gasteiger charge is 2.23. The number of anilines is 1. The van der Waals surface area contributed by atoms with Crippen LogP contribution in [0.25, 0.3) is 0 Å². The van der Waals surface area contributed by atoms with E-state index in [9.17, 15) is 0 Å². The van der Waals surface area contributed by atoms with Crippen molar-refractivity contribution in [2.75, 3.05) is 59.5 Å². The van der Waals surface area contributed by atoms with Gasteiger partial charge in [0.25, 0.3) is 0 Å². The Morgan fingerprint density at radius 1 is 1.10 bits per heavy atom. The van der Waals surface area contributed by atoms with Crippen LogP contribution in [-0.2, 0) is 13.0 Å². The molecule has 11 heteroatoms. The number of piperazine rings is 1. The number of aryl methyl sites for hydroxylation is 1. The summed E-state index contributed by atoms with van der Waals surface area (Å²) in [6.07, 6.45) is 0.868. The molecule has 1 fully saturated rings. The Morgan fingerprint density at radius 3 is 2.35 bits per heavy atom. The summed E-state index contributed by atoms with van der Waals surface area (Å²) < 4.78 is 20.8. The summed E-state index contributed by atoms with van der Waals surface area (Å²) in [5, 5.41) is 4.45. The Hall–Kier alpha value is -2.02. The van der Waals surface area contributed by atoms with Crippen LogP contribution >= 0.6 is 35.5 Å². The van der Waals surface area contributed by atoms with E-state index in [1.54, 1.807) is 28.4 Å². The Balaban J connectivity index is 0.00000341. The molecule has 0 atom stereocenters. The van der Waals surface area contributed by atoms with E-state index in [2.05, 4.69) is 36.4 Å². The summed E-state index contributed by atoms with van der Waals surface area (Å²) in [6.45, 7) is 6.14. The molecular formula is C20H31IN6O3S. The van der Waals surface area contributed by atoms with Crippen molar-refractivity contribution in [3.63, 3.8) is 0 Å².